The summed E-state index contributed by atoms with van der Waals surface area (Å²) in [6, 6.07) is 0. The molecule has 6 rings (SSSR count). The number of rotatable bonds is 0. The molecule has 1 N–H and O–H groups in total. The quantitative estimate of drug-likeness (QED) is 0.516. The van der Waals surface area contributed by atoms with Crippen LogP contribution in [0.3, 0.4) is 0 Å². The first-order valence-corrected chi connectivity index (χ1v) is 10.3. The predicted octanol–water partition coefficient (Wildman–Crippen LogP) is 2.09. The number of fused-ring (bicyclic) bond motifs is 9. The van der Waals surface area contributed by atoms with Gasteiger partial charge >= 0.3 is 11.9 Å². The second-order valence-electron chi connectivity index (χ2n) is 9.95. The van der Waals surface area contributed by atoms with Crippen molar-refractivity contribution in [2.24, 2.45) is 28.6 Å². The number of aliphatic hydroxyl groups is 1. The summed E-state index contributed by atoms with van der Waals surface area (Å²) in [6.45, 7) is 4.34. The number of aliphatic hydroxyl groups excluding tert-OH is 1. The molecule has 0 aromatic rings. The van der Waals surface area contributed by atoms with E-state index in [4.69, 9.17) is 14.2 Å². The molecule has 0 amide bonds. The van der Waals surface area contributed by atoms with Gasteiger partial charge < -0.3 is 19.3 Å². The van der Waals surface area contributed by atoms with Gasteiger partial charge in [0.1, 0.15) is 11.7 Å². The van der Waals surface area contributed by atoms with E-state index in [2.05, 4.69) is 6.92 Å². The molecule has 0 aromatic carbocycles. The Labute approximate surface area is 158 Å². The first kappa shape index (κ1) is 16.5. The zero-order valence-corrected chi connectivity index (χ0v) is 15.8. The van der Waals surface area contributed by atoms with Crippen LogP contribution in [0.2, 0.25) is 0 Å². The maximum atomic E-state index is 12.0. The molecule has 6 heteroatoms. The number of carbonyl (C=O) groups is 2. The van der Waals surface area contributed by atoms with Crippen LogP contribution in [-0.2, 0) is 23.8 Å². The number of hydrogen-bond donors (Lipinski definition) is 1. The highest BCUT2D eigenvalue weighted by molar-refractivity contribution is 5.85. The molecule has 146 valence electrons. The van der Waals surface area contributed by atoms with Crippen LogP contribution in [0.5, 0.6) is 0 Å². The van der Waals surface area contributed by atoms with Crippen molar-refractivity contribution in [3.05, 3.63) is 11.6 Å². The summed E-state index contributed by atoms with van der Waals surface area (Å²) in [5, 5.41) is 10.7. The summed E-state index contributed by atoms with van der Waals surface area (Å²) in [7, 11) is 0. The van der Waals surface area contributed by atoms with E-state index in [1.165, 1.54) is 0 Å². The standard InChI is InChI=1S/C21H26O6/c1-19-6-3-11-15(10(19)4-7-21(19)8-5-13(22)27-21)17-16(26-17)12-9-14(23)25-18(24)20(11,12)2/h9-11,15-18,24H,3-8H2,1-2H3/t10-,11-,15-,16+,17-,18-,19-,20+,21+/m0/s1. The lowest BCUT2D eigenvalue weighted by Crippen LogP contribution is -2.60. The average molecular weight is 374 g/mol. The van der Waals surface area contributed by atoms with Gasteiger partial charge in [0.15, 0.2) is 0 Å². The lowest BCUT2D eigenvalue weighted by molar-refractivity contribution is -0.210. The van der Waals surface area contributed by atoms with Crippen molar-refractivity contribution in [1.82, 2.24) is 0 Å². The molecule has 3 aliphatic heterocycles. The van der Waals surface area contributed by atoms with Crippen molar-refractivity contribution in [2.45, 2.75) is 76.5 Å². The number of esters is 2. The van der Waals surface area contributed by atoms with Gasteiger partial charge in [0, 0.05) is 17.9 Å². The number of cyclic esters (lactones) is 1. The van der Waals surface area contributed by atoms with Crippen molar-refractivity contribution >= 4 is 11.9 Å². The summed E-state index contributed by atoms with van der Waals surface area (Å²) in [5.41, 5.74) is -0.0236. The van der Waals surface area contributed by atoms with Gasteiger partial charge in [0.25, 0.3) is 0 Å². The Balaban J connectivity index is 1.42. The van der Waals surface area contributed by atoms with Crippen LogP contribution in [0.15, 0.2) is 11.6 Å². The van der Waals surface area contributed by atoms with Crippen molar-refractivity contribution in [3.63, 3.8) is 0 Å². The van der Waals surface area contributed by atoms with Crippen molar-refractivity contribution in [2.75, 3.05) is 0 Å². The van der Waals surface area contributed by atoms with E-state index in [1.807, 2.05) is 6.92 Å². The minimum atomic E-state index is -1.12. The molecule has 6 nitrogen and oxygen atoms in total. The average Bonchev–Trinajstić information content (AvgIpc) is 3.24. The van der Waals surface area contributed by atoms with Gasteiger partial charge in [-0.25, -0.2) is 4.79 Å². The fraction of sp³-hybridized carbons (Fsp3) is 0.810. The van der Waals surface area contributed by atoms with E-state index in [9.17, 15) is 14.7 Å². The van der Waals surface area contributed by atoms with Crippen molar-refractivity contribution < 1.29 is 28.9 Å². The molecule has 0 unspecified atom stereocenters. The molecule has 9 atom stereocenters. The Kier molecular flexibility index (Phi) is 2.92. The highest BCUT2D eigenvalue weighted by atomic mass is 16.6. The van der Waals surface area contributed by atoms with E-state index in [1.54, 1.807) is 6.08 Å². The van der Waals surface area contributed by atoms with E-state index in [-0.39, 0.29) is 35.1 Å². The molecule has 1 spiro atoms. The number of epoxide rings is 1. The van der Waals surface area contributed by atoms with E-state index < -0.39 is 17.7 Å². The summed E-state index contributed by atoms with van der Waals surface area (Å²) in [6.07, 6.45) is 5.67. The molecular formula is C21H26O6. The third-order valence-corrected chi connectivity index (χ3v) is 9.28. The van der Waals surface area contributed by atoms with Gasteiger partial charge in [-0.2, -0.15) is 0 Å². The molecule has 2 saturated heterocycles. The molecule has 0 bridgehead atoms. The Morgan fingerprint density at radius 3 is 2.63 bits per heavy atom. The SMILES string of the molecule is C[C@@]12C(=CC(=O)O[C@@H]1O)[C@H]1O[C@H]1[C@@H]1[C@@H]2CC[C@@]2(C)[C@H]1CC[C@@]21CCC(=O)O1. The number of hydrogen-bond acceptors (Lipinski definition) is 6. The van der Waals surface area contributed by atoms with Gasteiger partial charge in [-0.05, 0) is 62.4 Å². The lowest BCUT2D eigenvalue weighted by Gasteiger charge is -2.58. The Morgan fingerprint density at radius 1 is 1.11 bits per heavy atom. The molecule has 5 fully saturated rings. The molecule has 27 heavy (non-hydrogen) atoms. The summed E-state index contributed by atoms with van der Waals surface area (Å²) in [4.78, 5) is 23.8. The highest BCUT2D eigenvalue weighted by Crippen LogP contribution is 2.72. The van der Waals surface area contributed by atoms with Crippen molar-refractivity contribution in [3.8, 4) is 0 Å². The van der Waals surface area contributed by atoms with Gasteiger partial charge in [-0.1, -0.05) is 6.92 Å². The second-order valence-corrected chi connectivity index (χ2v) is 9.95. The maximum Gasteiger partial charge on any atom is 0.333 e. The summed E-state index contributed by atoms with van der Waals surface area (Å²) >= 11 is 0. The summed E-state index contributed by atoms with van der Waals surface area (Å²) in [5.74, 6) is 0.387. The van der Waals surface area contributed by atoms with E-state index in [0.717, 1.165) is 37.7 Å². The molecule has 3 aliphatic carbocycles. The first-order valence-electron chi connectivity index (χ1n) is 10.3. The van der Waals surface area contributed by atoms with Crippen LogP contribution in [-0.4, -0.2) is 41.1 Å². The maximum absolute atomic E-state index is 12.0. The molecule has 0 aromatic heterocycles. The Bertz CT molecular complexity index is 790. The van der Waals surface area contributed by atoms with Crippen LogP contribution in [0.25, 0.3) is 0 Å². The number of ether oxygens (including phenoxy) is 3. The van der Waals surface area contributed by atoms with Crippen molar-refractivity contribution in [1.29, 1.82) is 0 Å². The molecule has 6 aliphatic rings. The highest BCUT2D eigenvalue weighted by Gasteiger charge is 2.74. The largest absolute Gasteiger partial charge is 0.458 e. The fourth-order valence-corrected chi connectivity index (χ4v) is 7.79. The zero-order chi connectivity index (χ0) is 18.8. The minimum Gasteiger partial charge on any atom is -0.458 e. The molecule has 0 radical (unpaired) electrons. The van der Waals surface area contributed by atoms with Gasteiger partial charge in [-0.3, -0.25) is 4.79 Å². The van der Waals surface area contributed by atoms with Gasteiger partial charge in [0.05, 0.1) is 11.5 Å². The van der Waals surface area contributed by atoms with Crippen LogP contribution in [0, 0.1) is 28.6 Å². The van der Waals surface area contributed by atoms with Crippen LogP contribution in [0.1, 0.15) is 52.4 Å². The first-order chi connectivity index (χ1) is 12.8. The van der Waals surface area contributed by atoms with Gasteiger partial charge in [0.2, 0.25) is 6.29 Å². The second kappa shape index (κ2) is 4.77. The normalized spacial score (nSPS) is 57.8. The Hall–Kier alpha value is -1.40. The van der Waals surface area contributed by atoms with E-state index >= 15 is 0 Å². The van der Waals surface area contributed by atoms with Crippen LogP contribution < -0.4 is 0 Å². The molecule has 3 heterocycles. The topological polar surface area (TPSA) is 85.4 Å². The van der Waals surface area contributed by atoms with Crippen LogP contribution in [0.4, 0.5) is 0 Å². The third kappa shape index (κ3) is 1.76. The third-order valence-electron chi connectivity index (χ3n) is 9.28. The minimum absolute atomic E-state index is 0.0370. The molecule has 3 saturated carbocycles. The number of carbonyl (C=O) groups excluding carboxylic acids is 2. The monoisotopic (exact) mass is 374 g/mol. The fourth-order valence-electron chi connectivity index (χ4n) is 7.79. The van der Waals surface area contributed by atoms with E-state index in [0.29, 0.717) is 18.3 Å². The zero-order valence-electron chi connectivity index (χ0n) is 15.8. The van der Waals surface area contributed by atoms with Crippen LogP contribution >= 0.6 is 0 Å². The smallest absolute Gasteiger partial charge is 0.333 e. The van der Waals surface area contributed by atoms with Gasteiger partial charge in [-0.15, -0.1) is 0 Å². The lowest BCUT2D eigenvalue weighted by atomic mass is 9.47. The Morgan fingerprint density at radius 2 is 1.89 bits per heavy atom. The summed E-state index contributed by atoms with van der Waals surface area (Å²) < 4.78 is 17.3. The molecular weight excluding hydrogens is 348 g/mol. The predicted molar refractivity (Wildman–Crippen MR) is 92.1 cm³/mol.